The Morgan fingerprint density at radius 3 is 2.32 bits per heavy atom. The molecule has 1 aromatic carbocycles. The summed E-state index contributed by atoms with van der Waals surface area (Å²) in [6, 6.07) is 3.62. The van der Waals surface area contributed by atoms with Crippen LogP contribution < -0.4 is 9.47 Å². The lowest BCUT2D eigenvalue weighted by molar-refractivity contribution is -0.171. The molecule has 1 atom stereocenters. The van der Waals surface area contributed by atoms with Crippen LogP contribution in [0.5, 0.6) is 11.5 Å². The van der Waals surface area contributed by atoms with E-state index in [0.717, 1.165) is 12.0 Å². The van der Waals surface area contributed by atoms with Crippen LogP contribution in [0.3, 0.4) is 0 Å². The van der Waals surface area contributed by atoms with Crippen molar-refractivity contribution in [3.8, 4) is 11.5 Å². The van der Waals surface area contributed by atoms with Crippen molar-refractivity contribution in [1.82, 2.24) is 4.90 Å². The smallest absolute Gasteiger partial charge is 0.335 e. The van der Waals surface area contributed by atoms with E-state index < -0.39 is 34.9 Å². The Morgan fingerprint density at radius 2 is 1.76 bits per heavy atom. The van der Waals surface area contributed by atoms with Gasteiger partial charge in [0.05, 0.1) is 46.7 Å². The molecule has 0 aromatic heterocycles. The van der Waals surface area contributed by atoms with Gasteiger partial charge in [0, 0.05) is 25.0 Å². The number of hydrogen-bond acceptors (Lipinski definition) is 10. The maximum absolute atomic E-state index is 13.2. The van der Waals surface area contributed by atoms with Crippen molar-refractivity contribution in [2.24, 2.45) is 0 Å². The van der Waals surface area contributed by atoms with Gasteiger partial charge in [0.15, 0.2) is 17.3 Å². The van der Waals surface area contributed by atoms with Crippen LogP contribution in [0.4, 0.5) is 0 Å². The summed E-state index contributed by atoms with van der Waals surface area (Å²) in [5.74, 6) is -2.91. The van der Waals surface area contributed by atoms with E-state index in [4.69, 9.17) is 40.0 Å². The molecule has 0 saturated carbocycles. The quantitative estimate of drug-likeness (QED) is 0.248. The number of carbonyl (C=O) groups excluding carboxylic acids is 4. The normalized spacial score (nSPS) is 17.2. The third kappa shape index (κ3) is 6.23. The molecule has 1 fully saturated rings. The third-order valence-electron chi connectivity index (χ3n) is 6.21. The van der Waals surface area contributed by atoms with E-state index in [9.17, 15) is 19.2 Å². The third-order valence-corrected chi connectivity index (χ3v) is 6.37. The van der Waals surface area contributed by atoms with Crippen LogP contribution in [0.1, 0.15) is 31.7 Å². The molecule has 1 spiro atoms. The van der Waals surface area contributed by atoms with Crippen molar-refractivity contribution < 1.29 is 47.6 Å². The lowest BCUT2D eigenvalue weighted by Crippen LogP contribution is -2.50. The Balaban J connectivity index is 2.13. The zero-order valence-electron chi connectivity index (χ0n) is 21.2. The van der Waals surface area contributed by atoms with Gasteiger partial charge in [0.1, 0.15) is 6.04 Å². The van der Waals surface area contributed by atoms with E-state index in [1.54, 1.807) is 25.1 Å². The molecule has 3 rings (SSSR count). The van der Waals surface area contributed by atoms with Crippen molar-refractivity contribution in [3.63, 3.8) is 0 Å². The molecule has 1 amide bonds. The first-order valence-corrected chi connectivity index (χ1v) is 12.1. The number of amides is 1. The zero-order valence-corrected chi connectivity index (χ0v) is 21.9. The summed E-state index contributed by atoms with van der Waals surface area (Å²) in [6.45, 7) is 2.40. The summed E-state index contributed by atoms with van der Waals surface area (Å²) in [5.41, 5.74) is 0.751. The number of esters is 2. The van der Waals surface area contributed by atoms with Gasteiger partial charge in [-0.2, -0.15) is 0 Å². The number of carbonyl (C=O) groups is 4. The van der Waals surface area contributed by atoms with E-state index in [1.165, 1.54) is 14.2 Å². The van der Waals surface area contributed by atoms with Crippen molar-refractivity contribution in [2.75, 3.05) is 41.2 Å². The molecule has 1 saturated heterocycles. The van der Waals surface area contributed by atoms with Gasteiger partial charge in [-0.25, -0.2) is 9.59 Å². The second-order valence-corrected chi connectivity index (χ2v) is 8.65. The Hall–Kier alpha value is -3.15. The number of halogens is 1. The molecule has 0 unspecified atom stereocenters. The summed E-state index contributed by atoms with van der Waals surface area (Å²) in [6.07, 6.45) is 0.228. The van der Waals surface area contributed by atoms with Crippen molar-refractivity contribution in [2.45, 2.75) is 44.4 Å². The van der Waals surface area contributed by atoms with E-state index in [0.29, 0.717) is 30.3 Å². The molecule has 11 nitrogen and oxygen atoms in total. The molecule has 1 aliphatic heterocycles. The molecule has 1 aliphatic carbocycles. The summed E-state index contributed by atoms with van der Waals surface area (Å²) in [4.78, 5) is 52.3. The average molecular weight is 540 g/mol. The molecule has 202 valence electrons. The zero-order chi connectivity index (χ0) is 27.2. The topological polar surface area (TPSA) is 127 Å². The second-order valence-electron chi connectivity index (χ2n) is 8.31. The number of allylic oxidation sites excluding steroid dienone is 1. The fourth-order valence-electron chi connectivity index (χ4n) is 4.53. The van der Waals surface area contributed by atoms with Gasteiger partial charge in [-0.05, 0) is 42.6 Å². The van der Waals surface area contributed by atoms with Crippen molar-refractivity contribution in [1.29, 1.82) is 0 Å². The minimum Gasteiger partial charge on any atom is -0.493 e. The van der Waals surface area contributed by atoms with Gasteiger partial charge in [0.2, 0.25) is 0 Å². The number of rotatable bonds is 10. The largest absolute Gasteiger partial charge is 0.493 e. The Kier molecular flexibility index (Phi) is 9.52. The fourth-order valence-corrected chi connectivity index (χ4v) is 4.62. The minimum atomic E-state index is -1.34. The van der Waals surface area contributed by atoms with Crippen molar-refractivity contribution in [3.05, 3.63) is 35.0 Å². The molecular formula is C25H30ClNO10. The highest BCUT2D eigenvalue weighted by Crippen LogP contribution is 2.41. The number of nitrogens with zero attached hydrogens (tertiary/aromatic N) is 1. The van der Waals surface area contributed by atoms with Crippen LogP contribution in [-0.2, 0) is 44.5 Å². The lowest BCUT2D eigenvalue weighted by Gasteiger charge is -2.39. The fraction of sp³-hybridized carbons (Fsp3) is 0.520. The van der Waals surface area contributed by atoms with E-state index >= 15 is 0 Å². The van der Waals surface area contributed by atoms with Gasteiger partial charge in [-0.3, -0.25) is 14.5 Å². The van der Waals surface area contributed by atoms with E-state index in [1.807, 2.05) is 0 Å². The number of ether oxygens (including phenoxy) is 6. The van der Waals surface area contributed by atoms with Crippen LogP contribution in [0.25, 0.3) is 0 Å². The molecule has 0 bridgehead atoms. The summed E-state index contributed by atoms with van der Waals surface area (Å²) >= 11 is 5.63. The molecule has 37 heavy (non-hydrogen) atoms. The standard InChI is InChI=1S/C25H30ClNO10/c1-5-35-23(30)16-14-25(36-10-11-37-25)9-8-17(16)27(22(29)21(26)28)18(24(31)34-4)12-15-6-7-19(32-2)20(13-15)33-3/h6-7,13,18H,5,8-12,14H2,1-4H3/t18-/m0/s1. The SMILES string of the molecule is CCOC(=O)C1=C(N(C(=O)C(=O)Cl)[C@@H](Cc2ccc(OC)c(OC)c2)C(=O)OC)CCC2(C1)OCCO2. The van der Waals surface area contributed by atoms with Crippen LogP contribution in [0.15, 0.2) is 29.5 Å². The van der Waals surface area contributed by atoms with E-state index in [2.05, 4.69) is 0 Å². The van der Waals surface area contributed by atoms with Gasteiger partial charge in [0.25, 0.3) is 0 Å². The predicted molar refractivity (Wildman–Crippen MR) is 129 cm³/mol. The van der Waals surface area contributed by atoms with Crippen LogP contribution >= 0.6 is 11.6 Å². The highest BCUT2D eigenvalue weighted by atomic mass is 35.5. The average Bonchev–Trinajstić information content (AvgIpc) is 3.35. The highest BCUT2D eigenvalue weighted by Gasteiger charge is 2.47. The van der Waals surface area contributed by atoms with Gasteiger partial charge >= 0.3 is 23.1 Å². The van der Waals surface area contributed by atoms with Gasteiger partial charge < -0.3 is 28.4 Å². The van der Waals surface area contributed by atoms with Crippen molar-refractivity contribution >= 4 is 34.7 Å². The number of methoxy groups -OCH3 is 3. The van der Waals surface area contributed by atoms with Crippen LogP contribution in [0.2, 0.25) is 0 Å². The first-order valence-electron chi connectivity index (χ1n) is 11.7. The predicted octanol–water partition coefficient (Wildman–Crippen LogP) is 2.13. The number of hydrogen-bond donors (Lipinski definition) is 0. The lowest BCUT2D eigenvalue weighted by atomic mass is 9.88. The monoisotopic (exact) mass is 539 g/mol. The number of benzene rings is 1. The molecule has 0 radical (unpaired) electrons. The summed E-state index contributed by atoms with van der Waals surface area (Å²) in [5, 5.41) is -1.33. The molecule has 12 heteroatoms. The maximum Gasteiger partial charge on any atom is 0.335 e. The molecule has 1 aromatic rings. The molecule has 1 heterocycles. The van der Waals surface area contributed by atoms with Crippen LogP contribution in [-0.4, -0.2) is 81.0 Å². The minimum absolute atomic E-state index is 0.0360. The maximum atomic E-state index is 13.2. The Bertz CT molecular complexity index is 1080. The first kappa shape index (κ1) is 28.4. The summed E-state index contributed by atoms with van der Waals surface area (Å²) < 4.78 is 32.4. The van der Waals surface area contributed by atoms with Gasteiger partial charge in [-0.15, -0.1) is 0 Å². The molecular weight excluding hydrogens is 510 g/mol. The molecule has 2 aliphatic rings. The Morgan fingerprint density at radius 1 is 1.08 bits per heavy atom. The van der Waals surface area contributed by atoms with Crippen LogP contribution in [0, 0.1) is 0 Å². The summed E-state index contributed by atoms with van der Waals surface area (Å²) in [7, 11) is 4.10. The highest BCUT2D eigenvalue weighted by molar-refractivity contribution is 6.81. The van der Waals surface area contributed by atoms with E-state index in [-0.39, 0.29) is 43.6 Å². The second kappa shape index (κ2) is 12.4. The van der Waals surface area contributed by atoms with Gasteiger partial charge in [-0.1, -0.05) is 6.07 Å². The first-order chi connectivity index (χ1) is 17.7. The Labute approximate surface area is 219 Å². The molecule has 0 N–H and O–H groups in total.